The zero-order valence-electron chi connectivity index (χ0n) is 27.7. The van der Waals surface area contributed by atoms with Crippen molar-refractivity contribution in [2.45, 2.75) is 75.5 Å². The Morgan fingerprint density at radius 1 is 0.882 bits per heavy atom. The minimum Gasteiger partial charge on any atom is -0.458 e. The van der Waals surface area contributed by atoms with Gasteiger partial charge >= 0.3 is 11.9 Å². The van der Waals surface area contributed by atoms with Crippen LogP contribution in [0.3, 0.4) is 0 Å². The van der Waals surface area contributed by atoms with Gasteiger partial charge < -0.3 is 19.7 Å². The van der Waals surface area contributed by atoms with Gasteiger partial charge in [0.25, 0.3) is 17.7 Å². The number of esters is 2. The summed E-state index contributed by atoms with van der Waals surface area (Å²) >= 11 is 0. The predicted octanol–water partition coefficient (Wildman–Crippen LogP) is 1.42. The standard InChI is InChI=1S/C37H38N2O12/c40-20-6-8-21-19(15-20)5-7-23-22-13-14-37(49,26(22)16-28(41)33(21)23)29(42)17-50-31(44)11-12-32(45)51-18-38-30(43)10-9-27(36(38)48)39-34(46)24-3-1-2-4-25(24)35(39)47/h1-4,6,8,15,21-23,26-28,33,41,49H,5,7,9-14,16-18H2/t21-,22-,23-,26-,27?,28?,33+,37+/m0/s1. The molecular formula is C37H38N2O12. The van der Waals surface area contributed by atoms with Gasteiger partial charge in [0.05, 0.1) is 30.1 Å². The number of amides is 4. The summed E-state index contributed by atoms with van der Waals surface area (Å²) in [5.41, 5.74) is -0.454. The maximum absolute atomic E-state index is 13.3. The number of fused-ring (bicyclic) bond motifs is 6. The summed E-state index contributed by atoms with van der Waals surface area (Å²) < 4.78 is 10.2. The van der Waals surface area contributed by atoms with Gasteiger partial charge in [0.1, 0.15) is 11.6 Å². The van der Waals surface area contributed by atoms with Crippen LogP contribution in [0, 0.1) is 29.6 Å². The van der Waals surface area contributed by atoms with Crippen LogP contribution in [0.2, 0.25) is 0 Å². The van der Waals surface area contributed by atoms with Crippen LogP contribution in [0.5, 0.6) is 0 Å². The third-order valence-electron chi connectivity index (χ3n) is 11.7. The molecule has 4 fully saturated rings. The number of allylic oxidation sites excluding steroid dienone is 4. The smallest absolute Gasteiger partial charge is 0.308 e. The van der Waals surface area contributed by atoms with Crippen LogP contribution in [0.4, 0.5) is 0 Å². The molecule has 51 heavy (non-hydrogen) atoms. The van der Waals surface area contributed by atoms with Crippen LogP contribution >= 0.6 is 0 Å². The van der Waals surface area contributed by atoms with Crippen molar-refractivity contribution in [3.63, 3.8) is 0 Å². The molecule has 2 unspecified atom stereocenters. The van der Waals surface area contributed by atoms with E-state index in [1.807, 2.05) is 6.08 Å². The SMILES string of the molecule is O=C1C=C[C@H]2C(=C1)CC[C@H]1[C@@H]3CC[C@](O)(C(=O)COC(=O)CCC(=O)OCN4C(=O)CCC(N5C(=O)c6ccccc6C5=O)C4=O)[C@H]3CC(O)[C@@H]12. The average Bonchev–Trinajstić information content (AvgIpc) is 3.59. The highest BCUT2D eigenvalue weighted by atomic mass is 16.6. The Morgan fingerprint density at radius 2 is 1.57 bits per heavy atom. The van der Waals surface area contributed by atoms with Crippen molar-refractivity contribution in [3.05, 3.63) is 59.2 Å². The number of carbonyl (C=O) groups excluding carboxylic acids is 8. The monoisotopic (exact) mass is 702 g/mol. The van der Waals surface area contributed by atoms with E-state index >= 15 is 0 Å². The van der Waals surface area contributed by atoms with Crippen LogP contribution < -0.4 is 0 Å². The Labute approximate surface area is 292 Å². The number of imide groups is 2. The summed E-state index contributed by atoms with van der Waals surface area (Å²) in [6.45, 7) is -1.49. The topological polar surface area (TPSA) is 202 Å². The number of nitrogens with zero attached hydrogens (tertiary/aromatic N) is 2. The van der Waals surface area contributed by atoms with E-state index in [-0.39, 0.29) is 66.3 Å². The summed E-state index contributed by atoms with van der Waals surface area (Å²) in [4.78, 5) is 103. The molecule has 6 aliphatic rings. The molecule has 14 nitrogen and oxygen atoms in total. The first-order valence-corrected chi connectivity index (χ1v) is 17.4. The first kappa shape index (κ1) is 34.6. The lowest BCUT2D eigenvalue weighted by molar-refractivity contribution is -0.165. The van der Waals surface area contributed by atoms with Crippen LogP contribution in [0.25, 0.3) is 0 Å². The lowest BCUT2D eigenvalue weighted by Gasteiger charge is -2.51. The lowest BCUT2D eigenvalue weighted by Crippen LogP contribution is -2.56. The molecule has 1 saturated heterocycles. The molecule has 4 amide bonds. The zero-order chi connectivity index (χ0) is 36.2. The molecule has 0 aromatic heterocycles. The second kappa shape index (κ2) is 13.4. The van der Waals surface area contributed by atoms with E-state index in [1.165, 1.54) is 18.2 Å². The Balaban J connectivity index is 0.878. The first-order chi connectivity index (χ1) is 24.4. The van der Waals surface area contributed by atoms with E-state index in [1.54, 1.807) is 18.2 Å². The molecule has 268 valence electrons. The number of Topliss-reactive ketones (excluding diaryl/α,β-unsaturated/α-hetero) is 1. The first-order valence-electron chi connectivity index (χ1n) is 17.4. The number of piperidine rings is 1. The molecule has 2 aliphatic heterocycles. The molecule has 0 bridgehead atoms. The van der Waals surface area contributed by atoms with E-state index in [0.29, 0.717) is 17.7 Å². The molecule has 0 spiro atoms. The number of benzene rings is 1. The van der Waals surface area contributed by atoms with Crippen LogP contribution in [-0.4, -0.2) is 98.2 Å². The van der Waals surface area contributed by atoms with Crippen molar-refractivity contribution in [1.82, 2.24) is 9.80 Å². The number of carbonyl (C=O) groups is 8. The van der Waals surface area contributed by atoms with Crippen LogP contribution in [0.15, 0.2) is 48.1 Å². The molecule has 0 radical (unpaired) electrons. The average molecular weight is 703 g/mol. The number of rotatable bonds is 9. The number of aliphatic hydroxyl groups excluding tert-OH is 1. The van der Waals surface area contributed by atoms with Gasteiger partial charge in [-0.15, -0.1) is 0 Å². The van der Waals surface area contributed by atoms with Crippen molar-refractivity contribution in [2.24, 2.45) is 29.6 Å². The van der Waals surface area contributed by atoms with Gasteiger partial charge in [0, 0.05) is 18.3 Å². The minimum atomic E-state index is -1.78. The third-order valence-corrected chi connectivity index (χ3v) is 11.7. The van der Waals surface area contributed by atoms with Crippen molar-refractivity contribution in [3.8, 4) is 0 Å². The van der Waals surface area contributed by atoms with Crippen molar-refractivity contribution in [1.29, 1.82) is 0 Å². The quantitative estimate of drug-likeness (QED) is 0.277. The maximum Gasteiger partial charge on any atom is 0.308 e. The molecule has 2 heterocycles. The summed E-state index contributed by atoms with van der Waals surface area (Å²) in [6.07, 6.45) is 5.47. The second-order valence-corrected chi connectivity index (χ2v) is 14.3. The minimum absolute atomic E-state index is 0.00743. The summed E-state index contributed by atoms with van der Waals surface area (Å²) in [7, 11) is 0. The highest BCUT2D eigenvalue weighted by molar-refractivity contribution is 6.23. The molecule has 2 N–H and O–H groups in total. The fourth-order valence-electron chi connectivity index (χ4n) is 9.30. The van der Waals surface area contributed by atoms with Crippen LogP contribution in [-0.2, 0) is 38.2 Å². The van der Waals surface area contributed by atoms with Crippen molar-refractivity contribution in [2.75, 3.05) is 13.3 Å². The third kappa shape index (κ3) is 6.03. The molecule has 1 aromatic carbocycles. The van der Waals surface area contributed by atoms with Crippen molar-refractivity contribution < 1.29 is 58.0 Å². The Bertz CT molecular complexity index is 1760. The van der Waals surface area contributed by atoms with E-state index < -0.39 is 91.2 Å². The van der Waals surface area contributed by atoms with E-state index in [2.05, 4.69) is 0 Å². The maximum atomic E-state index is 13.3. The summed E-state index contributed by atoms with van der Waals surface area (Å²) in [5, 5.41) is 22.8. The van der Waals surface area contributed by atoms with Gasteiger partial charge in [0.2, 0.25) is 11.7 Å². The Kier molecular flexibility index (Phi) is 9.08. The Morgan fingerprint density at radius 3 is 2.27 bits per heavy atom. The molecule has 1 aromatic rings. The summed E-state index contributed by atoms with van der Waals surface area (Å²) in [6, 6.07) is 4.88. The highest BCUT2D eigenvalue weighted by Crippen LogP contribution is 2.58. The number of aliphatic hydroxyl groups is 2. The molecule has 7 rings (SSSR count). The van der Waals surface area contributed by atoms with Crippen molar-refractivity contribution >= 4 is 47.1 Å². The van der Waals surface area contributed by atoms with Gasteiger partial charge in [-0.1, -0.05) is 23.8 Å². The number of likely N-dealkylation sites (tertiary alicyclic amines) is 1. The number of ether oxygens (including phenoxy) is 2. The van der Waals surface area contributed by atoms with E-state index in [9.17, 15) is 48.6 Å². The highest BCUT2D eigenvalue weighted by Gasteiger charge is 2.60. The fraction of sp³-hybridized carbons (Fsp3) is 0.514. The normalized spacial score (nSPS) is 32.5. The molecular weight excluding hydrogens is 664 g/mol. The molecule has 3 saturated carbocycles. The van der Waals surface area contributed by atoms with E-state index in [4.69, 9.17) is 9.47 Å². The van der Waals surface area contributed by atoms with Gasteiger partial charge in [-0.05, 0) is 80.6 Å². The largest absolute Gasteiger partial charge is 0.458 e. The summed E-state index contributed by atoms with van der Waals surface area (Å²) in [5.74, 6) is -5.99. The number of hydrogen-bond acceptors (Lipinski definition) is 12. The van der Waals surface area contributed by atoms with Gasteiger partial charge in [0.15, 0.2) is 19.1 Å². The van der Waals surface area contributed by atoms with Crippen LogP contribution in [0.1, 0.15) is 78.5 Å². The zero-order valence-corrected chi connectivity index (χ0v) is 27.7. The molecule has 8 atom stereocenters. The predicted molar refractivity (Wildman–Crippen MR) is 172 cm³/mol. The second-order valence-electron chi connectivity index (χ2n) is 14.3. The van der Waals surface area contributed by atoms with Gasteiger partial charge in [-0.2, -0.15) is 0 Å². The van der Waals surface area contributed by atoms with E-state index in [0.717, 1.165) is 16.9 Å². The lowest BCUT2D eigenvalue weighted by atomic mass is 9.55. The Hall–Kier alpha value is -4.82. The molecule has 4 aliphatic carbocycles. The van der Waals surface area contributed by atoms with Gasteiger partial charge in [-0.25, -0.2) is 4.90 Å². The number of hydrogen-bond donors (Lipinski definition) is 2. The number of ketones is 2. The fourth-order valence-corrected chi connectivity index (χ4v) is 9.30. The van der Waals surface area contributed by atoms with Gasteiger partial charge in [-0.3, -0.25) is 43.3 Å². The molecule has 14 heteroatoms.